The van der Waals surface area contributed by atoms with Crippen LogP contribution in [0, 0.1) is 11.8 Å². The quantitative estimate of drug-likeness (QED) is 0.495. The standard InChI is InChI=1S/C6H9N2O/c1-4-3-7-8-6(9)5(4)2/h4-5H,1-2H3,(H,8,9). The Balaban J connectivity index is 2.69. The van der Waals surface area contributed by atoms with E-state index in [0.29, 0.717) is 0 Å². The molecule has 0 aliphatic carbocycles. The van der Waals surface area contributed by atoms with Crippen LogP contribution in [-0.4, -0.2) is 12.1 Å². The van der Waals surface area contributed by atoms with E-state index < -0.39 is 0 Å². The zero-order valence-corrected chi connectivity index (χ0v) is 5.51. The van der Waals surface area contributed by atoms with Gasteiger partial charge in [0.2, 0.25) is 5.91 Å². The molecule has 0 aromatic rings. The Bertz CT molecular complexity index is 153. The Morgan fingerprint density at radius 3 is 2.78 bits per heavy atom. The van der Waals surface area contributed by atoms with Gasteiger partial charge in [-0.1, -0.05) is 13.8 Å². The molecule has 1 heterocycles. The van der Waals surface area contributed by atoms with Gasteiger partial charge >= 0.3 is 0 Å². The van der Waals surface area contributed by atoms with E-state index in [9.17, 15) is 4.79 Å². The summed E-state index contributed by atoms with van der Waals surface area (Å²) in [5, 5.41) is 3.54. The Kier molecular flexibility index (Phi) is 1.51. The van der Waals surface area contributed by atoms with E-state index in [0.717, 1.165) is 0 Å². The highest BCUT2D eigenvalue weighted by atomic mass is 16.2. The molecule has 1 rings (SSSR count). The van der Waals surface area contributed by atoms with Crippen molar-refractivity contribution in [2.45, 2.75) is 13.8 Å². The van der Waals surface area contributed by atoms with Crippen LogP contribution in [0.5, 0.6) is 0 Å². The van der Waals surface area contributed by atoms with E-state index in [1.807, 2.05) is 13.8 Å². The lowest BCUT2D eigenvalue weighted by atomic mass is 9.96. The Labute approximate surface area is 54.1 Å². The normalized spacial score (nSPS) is 34.2. The van der Waals surface area contributed by atoms with Gasteiger partial charge in [-0.2, -0.15) is 5.10 Å². The summed E-state index contributed by atoms with van der Waals surface area (Å²) in [7, 11) is 0. The maximum absolute atomic E-state index is 10.8. The van der Waals surface area contributed by atoms with Crippen LogP contribution >= 0.6 is 0 Å². The van der Waals surface area contributed by atoms with Gasteiger partial charge in [0.25, 0.3) is 0 Å². The average molecular weight is 125 g/mol. The number of rotatable bonds is 0. The van der Waals surface area contributed by atoms with Crippen LogP contribution in [0.15, 0.2) is 5.10 Å². The van der Waals surface area contributed by atoms with Gasteiger partial charge in [0.1, 0.15) is 0 Å². The molecule has 2 unspecified atom stereocenters. The third-order valence-corrected chi connectivity index (χ3v) is 1.60. The number of hydrogen-bond acceptors (Lipinski definition) is 2. The molecule has 9 heavy (non-hydrogen) atoms. The van der Waals surface area contributed by atoms with Crippen molar-refractivity contribution in [3.63, 3.8) is 0 Å². The van der Waals surface area contributed by atoms with Crippen molar-refractivity contribution in [1.29, 1.82) is 0 Å². The molecule has 49 valence electrons. The number of nitrogens with one attached hydrogen (secondary N) is 1. The number of hydrogen-bond donors (Lipinski definition) is 1. The molecule has 0 aromatic heterocycles. The summed E-state index contributed by atoms with van der Waals surface area (Å²) < 4.78 is 0. The van der Waals surface area contributed by atoms with Crippen LogP contribution in [0.25, 0.3) is 0 Å². The highest BCUT2D eigenvalue weighted by molar-refractivity contribution is 5.85. The van der Waals surface area contributed by atoms with E-state index in [1.54, 1.807) is 0 Å². The van der Waals surface area contributed by atoms with E-state index in [1.165, 1.54) is 0 Å². The molecule has 1 N–H and O–H groups in total. The molecule has 1 amide bonds. The minimum absolute atomic E-state index is 0.0127. The van der Waals surface area contributed by atoms with Crippen LogP contribution in [0.2, 0.25) is 0 Å². The number of carbonyl (C=O) groups excluding carboxylic acids is 1. The predicted octanol–water partition coefficient (Wildman–Crippen LogP) is 0.251. The lowest BCUT2D eigenvalue weighted by Crippen LogP contribution is -2.34. The third kappa shape index (κ3) is 1.09. The summed E-state index contributed by atoms with van der Waals surface area (Å²) in [5.41, 5.74) is 2.34. The van der Waals surface area contributed by atoms with Crippen molar-refractivity contribution in [1.82, 2.24) is 5.43 Å². The highest BCUT2D eigenvalue weighted by Gasteiger charge is 2.21. The summed E-state index contributed by atoms with van der Waals surface area (Å²) in [4.78, 5) is 10.8. The fraction of sp³-hybridized carbons (Fsp3) is 0.667. The molecule has 0 saturated carbocycles. The second kappa shape index (κ2) is 2.17. The topological polar surface area (TPSA) is 41.5 Å². The first-order valence-corrected chi connectivity index (χ1v) is 2.97. The molecule has 0 fully saturated rings. The third-order valence-electron chi connectivity index (χ3n) is 1.60. The van der Waals surface area contributed by atoms with Crippen LogP contribution in [0.4, 0.5) is 0 Å². The first-order valence-electron chi connectivity index (χ1n) is 2.97. The predicted molar refractivity (Wildman–Crippen MR) is 33.9 cm³/mol. The smallest absolute Gasteiger partial charge is 0.243 e. The Morgan fingerprint density at radius 2 is 2.33 bits per heavy atom. The van der Waals surface area contributed by atoms with E-state index in [-0.39, 0.29) is 17.7 Å². The molecule has 0 aromatic carbocycles. The van der Waals surface area contributed by atoms with E-state index >= 15 is 0 Å². The van der Waals surface area contributed by atoms with Crippen molar-refractivity contribution >= 4 is 12.1 Å². The fourth-order valence-electron chi connectivity index (χ4n) is 0.630. The lowest BCUT2D eigenvalue weighted by Gasteiger charge is -2.16. The van der Waals surface area contributed by atoms with Gasteiger partial charge in [0.05, 0.1) is 6.21 Å². The molecule has 1 aliphatic rings. The van der Waals surface area contributed by atoms with Crippen LogP contribution < -0.4 is 5.43 Å². The minimum Gasteiger partial charge on any atom is -0.273 e. The van der Waals surface area contributed by atoms with Crippen molar-refractivity contribution in [3.05, 3.63) is 0 Å². The van der Waals surface area contributed by atoms with Crippen molar-refractivity contribution in [2.75, 3.05) is 0 Å². The van der Waals surface area contributed by atoms with E-state index in [2.05, 4.69) is 16.7 Å². The number of amides is 1. The largest absolute Gasteiger partial charge is 0.273 e. The Morgan fingerprint density at radius 1 is 1.67 bits per heavy atom. The highest BCUT2D eigenvalue weighted by Crippen LogP contribution is 2.10. The van der Waals surface area contributed by atoms with Crippen LogP contribution in [0.3, 0.4) is 0 Å². The molecule has 3 heteroatoms. The van der Waals surface area contributed by atoms with Gasteiger partial charge < -0.3 is 0 Å². The molecule has 0 saturated heterocycles. The SMILES string of the molecule is CC1[C]=NNC(=O)C1C. The maximum Gasteiger partial charge on any atom is 0.243 e. The molecule has 0 bridgehead atoms. The summed E-state index contributed by atoms with van der Waals surface area (Å²) in [6.07, 6.45) is 2.76. The molecule has 1 radical (unpaired) electrons. The molecule has 3 nitrogen and oxygen atoms in total. The zero-order valence-electron chi connectivity index (χ0n) is 5.51. The first kappa shape index (κ1) is 6.26. The molecule has 2 atom stereocenters. The maximum atomic E-state index is 10.8. The zero-order chi connectivity index (χ0) is 6.85. The van der Waals surface area contributed by atoms with Crippen LogP contribution in [-0.2, 0) is 4.79 Å². The summed E-state index contributed by atoms with van der Waals surface area (Å²) in [5.74, 6) is 0.155. The second-order valence-electron chi connectivity index (χ2n) is 2.29. The lowest BCUT2D eigenvalue weighted by molar-refractivity contribution is -0.125. The van der Waals surface area contributed by atoms with Gasteiger partial charge in [-0.05, 0) is 0 Å². The van der Waals surface area contributed by atoms with Crippen molar-refractivity contribution < 1.29 is 4.79 Å². The summed E-state index contributed by atoms with van der Waals surface area (Å²) in [6.45, 7) is 3.79. The van der Waals surface area contributed by atoms with Crippen molar-refractivity contribution in [2.24, 2.45) is 16.9 Å². The molecule has 0 spiro atoms. The minimum atomic E-state index is -0.0127. The molecule has 1 aliphatic heterocycles. The van der Waals surface area contributed by atoms with E-state index in [4.69, 9.17) is 0 Å². The second-order valence-corrected chi connectivity index (χ2v) is 2.29. The molecular formula is C6H9N2O. The van der Waals surface area contributed by atoms with Gasteiger partial charge in [-0.25, -0.2) is 5.43 Å². The number of hydrazone groups is 1. The van der Waals surface area contributed by atoms with Gasteiger partial charge in [0.15, 0.2) is 0 Å². The summed E-state index contributed by atoms with van der Waals surface area (Å²) >= 11 is 0. The first-order chi connectivity index (χ1) is 4.22. The van der Waals surface area contributed by atoms with Gasteiger partial charge in [-0.15, -0.1) is 0 Å². The fourth-order valence-corrected chi connectivity index (χ4v) is 0.630. The summed E-state index contributed by atoms with van der Waals surface area (Å²) in [6, 6.07) is 0. The average Bonchev–Trinajstić information content (AvgIpc) is 1.83. The van der Waals surface area contributed by atoms with Crippen LogP contribution in [0.1, 0.15) is 13.8 Å². The Hall–Kier alpha value is -0.860. The van der Waals surface area contributed by atoms with Gasteiger partial charge in [0, 0.05) is 11.8 Å². The van der Waals surface area contributed by atoms with Gasteiger partial charge in [-0.3, -0.25) is 4.79 Å². The number of nitrogens with zero attached hydrogens (tertiary/aromatic N) is 1. The number of carbonyl (C=O) groups is 1. The van der Waals surface area contributed by atoms with Crippen molar-refractivity contribution in [3.8, 4) is 0 Å². The molecular weight excluding hydrogens is 116 g/mol. The monoisotopic (exact) mass is 125 g/mol.